The number of hydrogen-bond donors (Lipinski definition) is 0. The van der Waals surface area contributed by atoms with E-state index in [1.165, 1.54) is 20.5 Å². The first-order valence-corrected chi connectivity index (χ1v) is 11.1. The maximum Gasteiger partial charge on any atom is 0.332 e. The van der Waals surface area contributed by atoms with E-state index >= 15 is 0 Å². The average molecular weight is 495 g/mol. The molecular weight excluding hydrogens is 480 g/mol. The van der Waals surface area contributed by atoms with E-state index in [0.717, 1.165) is 15.6 Å². The number of thiophene rings is 1. The molecule has 0 aliphatic heterocycles. The van der Waals surface area contributed by atoms with Crippen LogP contribution in [0.4, 0.5) is 0 Å². The zero-order chi connectivity index (χ0) is 21.4. The Morgan fingerprint density at radius 2 is 1.81 bits per heavy atom. The summed E-state index contributed by atoms with van der Waals surface area (Å²) in [5, 5.41) is 5.84. The molecule has 0 fully saturated rings. The largest absolute Gasteiger partial charge is 0.337 e. The number of aromatic nitrogens is 4. The van der Waals surface area contributed by atoms with Gasteiger partial charge in [-0.1, -0.05) is 63.6 Å². The Labute approximate surface area is 188 Å². The van der Waals surface area contributed by atoms with E-state index in [4.69, 9.17) is 4.52 Å². The van der Waals surface area contributed by atoms with E-state index in [1.807, 2.05) is 54.6 Å². The fourth-order valence-corrected chi connectivity index (χ4v) is 4.63. The van der Waals surface area contributed by atoms with Crippen LogP contribution in [0.3, 0.4) is 0 Å². The highest BCUT2D eigenvalue weighted by molar-refractivity contribution is 9.10. The summed E-state index contributed by atoms with van der Waals surface area (Å²) in [7, 11) is 0. The van der Waals surface area contributed by atoms with E-state index < -0.39 is 5.69 Å². The molecule has 0 unspecified atom stereocenters. The van der Waals surface area contributed by atoms with Gasteiger partial charge in [0, 0.05) is 10.0 Å². The minimum atomic E-state index is -0.415. The lowest BCUT2D eigenvalue weighted by atomic mass is 10.2. The minimum absolute atomic E-state index is 0.0716. The lowest BCUT2D eigenvalue weighted by Crippen LogP contribution is -2.40. The predicted molar refractivity (Wildman–Crippen MR) is 122 cm³/mol. The summed E-state index contributed by atoms with van der Waals surface area (Å²) in [5.74, 6) is 0.720. The first-order valence-electron chi connectivity index (χ1n) is 9.43. The van der Waals surface area contributed by atoms with Gasteiger partial charge in [0.25, 0.3) is 5.56 Å². The van der Waals surface area contributed by atoms with E-state index in [0.29, 0.717) is 16.0 Å². The van der Waals surface area contributed by atoms with Crippen molar-refractivity contribution in [2.24, 2.45) is 0 Å². The zero-order valence-electron chi connectivity index (χ0n) is 16.1. The van der Waals surface area contributed by atoms with E-state index in [9.17, 15) is 9.59 Å². The van der Waals surface area contributed by atoms with Gasteiger partial charge in [-0.15, -0.1) is 11.3 Å². The van der Waals surface area contributed by atoms with Gasteiger partial charge >= 0.3 is 5.69 Å². The molecule has 2 aromatic carbocycles. The second kappa shape index (κ2) is 8.09. The molecule has 0 atom stereocenters. The van der Waals surface area contributed by atoms with Crippen LogP contribution >= 0.6 is 27.3 Å². The molecule has 0 saturated heterocycles. The van der Waals surface area contributed by atoms with Crippen LogP contribution < -0.4 is 11.2 Å². The summed E-state index contributed by atoms with van der Waals surface area (Å²) >= 11 is 4.74. The van der Waals surface area contributed by atoms with Crippen LogP contribution in [-0.4, -0.2) is 19.3 Å². The molecule has 0 saturated carbocycles. The van der Waals surface area contributed by atoms with Gasteiger partial charge in [-0.05, 0) is 29.1 Å². The van der Waals surface area contributed by atoms with Crippen molar-refractivity contribution in [1.82, 2.24) is 19.3 Å². The van der Waals surface area contributed by atoms with Crippen LogP contribution in [-0.2, 0) is 13.1 Å². The van der Waals surface area contributed by atoms with Crippen molar-refractivity contribution in [1.29, 1.82) is 0 Å². The fourth-order valence-electron chi connectivity index (χ4n) is 3.39. The van der Waals surface area contributed by atoms with Crippen molar-refractivity contribution in [3.05, 3.63) is 103 Å². The molecule has 0 amide bonds. The molecule has 0 N–H and O–H groups in total. The molecule has 0 radical (unpaired) electrons. The van der Waals surface area contributed by atoms with Gasteiger partial charge in [-0.25, -0.2) is 4.79 Å². The van der Waals surface area contributed by atoms with Gasteiger partial charge in [0.15, 0.2) is 0 Å². The highest BCUT2D eigenvalue weighted by Gasteiger charge is 2.17. The zero-order valence-corrected chi connectivity index (χ0v) is 18.5. The maximum atomic E-state index is 13.3. The number of halogens is 1. The topological polar surface area (TPSA) is 82.9 Å². The van der Waals surface area contributed by atoms with Crippen molar-refractivity contribution in [2.45, 2.75) is 13.1 Å². The highest BCUT2D eigenvalue weighted by Crippen LogP contribution is 2.21. The molecule has 7 nitrogen and oxygen atoms in total. The molecule has 0 aliphatic carbocycles. The van der Waals surface area contributed by atoms with Crippen molar-refractivity contribution >= 4 is 37.5 Å². The summed E-state index contributed by atoms with van der Waals surface area (Å²) < 4.78 is 9.59. The van der Waals surface area contributed by atoms with Gasteiger partial charge in [-0.2, -0.15) is 4.98 Å². The first-order chi connectivity index (χ1) is 15.1. The third-order valence-corrected chi connectivity index (χ3v) is 6.25. The molecule has 5 aromatic rings. The third-order valence-electron chi connectivity index (χ3n) is 4.86. The van der Waals surface area contributed by atoms with Crippen LogP contribution in [0.15, 0.2) is 84.6 Å². The first kappa shape index (κ1) is 19.7. The summed E-state index contributed by atoms with van der Waals surface area (Å²) in [6.07, 6.45) is 0. The Bertz CT molecular complexity index is 1500. The normalized spacial score (nSPS) is 11.3. The molecule has 31 heavy (non-hydrogen) atoms. The van der Waals surface area contributed by atoms with E-state index in [2.05, 4.69) is 26.1 Å². The molecule has 5 rings (SSSR count). The monoisotopic (exact) mass is 494 g/mol. The Kier molecular flexibility index (Phi) is 5.13. The summed E-state index contributed by atoms with van der Waals surface area (Å²) in [4.78, 5) is 30.7. The van der Waals surface area contributed by atoms with Crippen LogP contribution in [0.1, 0.15) is 11.5 Å². The van der Waals surface area contributed by atoms with Crippen LogP contribution in [0.2, 0.25) is 0 Å². The van der Waals surface area contributed by atoms with Crippen molar-refractivity contribution < 1.29 is 4.52 Å². The van der Waals surface area contributed by atoms with Gasteiger partial charge in [0.05, 0.1) is 12.1 Å². The van der Waals surface area contributed by atoms with Gasteiger partial charge in [-0.3, -0.25) is 13.9 Å². The Morgan fingerprint density at radius 3 is 2.61 bits per heavy atom. The Balaban J connectivity index is 1.57. The van der Waals surface area contributed by atoms with Gasteiger partial charge < -0.3 is 4.52 Å². The fraction of sp³-hybridized carbons (Fsp3) is 0.0909. The molecule has 0 bridgehead atoms. The molecule has 9 heteroatoms. The number of fused-ring (bicyclic) bond motifs is 1. The third kappa shape index (κ3) is 3.77. The average Bonchev–Trinajstić information content (AvgIpc) is 3.45. The van der Waals surface area contributed by atoms with Crippen molar-refractivity contribution in [2.75, 3.05) is 0 Å². The molecule has 3 heterocycles. The number of hydrogen-bond acceptors (Lipinski definition) is 6. The minimum Gasteiger partial charge on any atom is -0.337 e. The predicted octanol–water partition coefficient (Wildman–Crippen LogP) is 4.13. The second-order valence-electron chi connectivity index (χ2n) is 6.90. The van der Waals surface area contributed by atoms with Crippen molar-refractivity contribution in [3.63, 3.8) is 0 Å². The van der Waals surface area contributed by atoms with E-state index in [-0.39, 0.29) is 24.5 Å². The summed E-state index contributed by atoms with van der Waals surface area (Å²) in [6.45, 7) is 0.265. The number of benzene rings is 2. The van der Waals surface area contributed by atoms with Gasteiger partial charge in [0.1, 0.15) is 11.2 Å². The second-order valence-corrected chi connectivity index (χ2v) is 8.73. The van der Waals surface area contributed by atoms with Gasteiger partial charge in [0.2, 0.25) is 11.7 Å². The number of rotatable bonds is 5. The molecule has 0 aliphatic rings. The lowest BCUT2D eigenvalue weighted by molar-refractivity contribution is 0.369. The molecule has 3 aromatic heterocycles. The van der Waals surface area contributed by atoms with Crippen LogP contribution in [0, 0.1) is 0 Å². The SMILES string of the molecule is O=c1c2sccc2n(Cc2nc(-c3cccc(Br)c3)no2)c(=O)n1Cc1ccccc1. The standard InChI is InChI=1S/C22H15BrN4O3S/c23-16-8-4-7-15(11-16)20-24-18(30-25-20)13-26-17-9-10-31-19(17)21(28)27(22(26)29)12-14-5-2-1-3-6-14/h1-11H,12-13H2. The van der Waals surface area contributed by atoms with E-state index in [1.54, 1.807) is 11.4 Å². The van der Waals surface area contributed by atoms with Crippen LogP contribution in [0.25, 0.3) is 21.6 Å². The molecule has 0 spiro atoms. The quantitative estimate of drug-likeness (QED) is 0.366. The van der Waals surface area contributed by atoms with Crippen molar-refractivity contribution in [3.8, 4) is 11.4 Å². The Morgan fingerprint density at radius 1 is 0.968 bits per heavy atom. The molecular formula is C22H15BrN4O3S. The molecule has 154 valence electrons. The Hall–Kier alpha value is -3.30. The summed E-state index contributed by atoms with van der Waals surface area (Å²) in [5.41, 5.74) is 1.52. The smallest absolute Gasteiger partial charge is 0.332 e. The maximum absolute atomic E-state index is 13.3. The highest BCUT2D eigenvalue weighted by atomic mass is 79.9. The number of nitrogens with zero attached hydrogens (tertiary/aromatic N) is 4. The summed E-state index contributed by atoms with van der Waals surface area (Å²) in [6, 6.07) is 18.7. The lowest BCUT2D eigenvalue weighted by Gasteiger charge is -2.10. The van der Waals surface area contributed by atoms with Crippen LogP contribution in [0.5, 0.6) is 0 Å².